The van der Waals surface area contributed by atoms with Crippen LogP contribution in [0.4, 0.5) is 5.69 Å². The van der Waals surface area contributed by atoms with Crippen LogP contribution in [0.2, 0.25) is 0 Å². The molecular weight excluding hydrogens is 370 g/mol. The molecular formula is C22H29N3O4. The summed E-state index contributed by atoms with van der Waals surface area (Å²) in [5.41, 5.74) is -0.117. The van der Waals surface area contributed by atoms with Crippen molar-refractivity contribution in [1.82, 2.24) is 10.2 Å². The van der Waals surface area contributed by atoms with Crippen LogP contribution in [0.25, 0.3) is 0 Å². The van der Waals surface area contributed by atoms with Crippen molar-refractivity contribution in [3.05, 3.63) is 23.8 Å². The van der Waals surface area contributed by atoms with Crippen molar-refractivity contribution in [2.24, 2.45) is 5.92 Å². The van der Waals surface area contributed by atoms with Crippen molar-refractivity contribution in [3.8, 4) is 5.75 Å². The predicted molar refractivity (Wildman–Crippen MR) is 109 cm³/mol. The Balaban J connectivity index is 1.59. The second-order valence-electron chi connectivity index (χ2n) is 9.00. The number of fused-ring (bicyclic) bond motifs is 1. The third-order valence-corrected chi connectivity index (χ3v) is 5.98. The lowest BCUT2D eigenvalue weighted by atomic mass is 9.99. The first-order chi connectivity index (χ1) is 13.7. The third kappa shape index (κ3) is 4.09. The minimum atomic E-state index is -1.07. The van der Waals surface area contributed by atoms with Crippen molar-refractivity contribution < 1.29 is 19.1 Å². The van der Waals surface area contributed by atoms with Crippen LogP contribution in [0.5, 0.6) is 5.75 Å². The molecule has 1 saturated heterocycles. The molecule has 2 heterocycles. The summed E-state index contributed by atoms with van der Waals surface area (Å²) in [5.74, 6) is 0.628. The van der Waals surface area contributed by atoms with Crippen molar-refractivity contribution >= 4 is 23.4 Å². The van der Waals surface area contributed by atoms with E-state index in [-0.39, 0.29) is 30.3 Å². The van der Waals surface area contributed by atoms with Gasteiger partial charge in [-0.05, 0) is 63.6 Å². The second-order valence-corrected chi connectivity index (χ2v) is 9.00. The fourth-order valence-corrected chi connectivity index (χ4v) is 3.86. The molecule has 7 nitrogen and oxygen atoms in total. The molecule has 7 heteroatoms. The summed E-state index contributed by atoms with van der Waals surface area (Å²) in [6.45, 7) is 7.00. The zero-order chi connectivity index (χ0) is 20.8. The van der Waals surface area contributed by atoms with Gasteiger partial charge in [-0.3, -0.25) is 19.3 Å². The lowest BCUT2D eigenvalue weighted by Crippen LogP contribution is -2.55. The van der Waals surface area contributed by atoms with Gasteiger partial charge in [0.2, 0.25) is 5.91 Å². The number of amides is 3. The predicted octanol–water partition coefficient (Wildman–Crippen LogP) is 2.34. The molecule has 0 unspecified atom stereocenters. The molecule has 3 amide bonds. The zero-order valence-corrected chi connectivity index (χ0v) is 17.4. The summed E-state index contributed by atoms with van der Waals surface area (Å²) in [7, 11) is 0. The van der Waals surface area contributed by atoms with E-state index in [2.05, 4.69) is 12.2 Å². The van der Waals surface area contributed by atoms with Crippen LogP contribution in [0.1, 0.15) is 56.8 Å². The van der Waals surface area contributed by atoms with Gasteiger partial charge in [0.05, 0.1) is 5.69 Å². The summed E-state index contributed by atoms with van der Waals surface area (Å²) >= 11 is 0. The number of carbonyl (C=O) groups is 3. The van der Waals surface area contributed by atoms with Crippen LogP contribution in [0.3, 0.4) is 0 Å². The monoisotopic (exact) mass is 399 g/mol. The van der Waals surface area contributed by atoms with E-state index in [1.165, 1.54) is 4.90 Å². The van der Waals surface area contributed by atoms with E-state index in [1.54, 1.807) is 32.0 Å². The van der Waals surface area contributed by atoms with Crippen molar-refractivity contribution in [2.75, 3.05) is 24.5 Å². The average molecular weight is 399 g/mol. The van der Waals surface area contributed by atoms with Crippen LogP contribution in [-0.4, -0.2) is 53.9 Å². The highest BCUT2D eigenvalue weighted by Gasteiger charge is 2.42. The smallest absolute Gasteiger partial charge is 0.271 e. The Morgan fingerprint density at radius 3 is 2.52 bits per heavy atom. The van der Waals surface area contributed by atoms with Crippen LogP contribution >= 0.6 is 0 Å². The molecule has 2 fully saturated rings. The number of ether oxygens (including phenoxy) is 1. The number of nitrogens with one attached hydrogen (secondary N) is 1. The van der Waals surface area contributed by atoms with Crippen LogP contribution in [0, 0.1) is 5.92 Å². The molecule has 0 spiro atoms. The Kier molecular flexibility index (Phi) is 5.00. The molecule has 0 aromatic heterocycles. The van der Waals surface area contributed by atoms with E-state index >= 15 is 0 Å². The van der Waals surface area contributed by atoms with Crippen molar-refractivity contribution in [3.63, 3.8) is 0 Å². The van der Waals surface area contributed by atoms with Gasteiger partial charge in [-0.15, -0.1) is 0 Å². The van der Waals surface area contributed by atoms with Gasteiger partial charge in [0.25, 0.3) is 11.8 Å². The van der Waals surface area contributed by atoms with Crippen LogP contribution < -0.4 is 15.0 Å². The van der Waals surface area contributed by atoms with Crippen molar-refractivity contribution in [2.45, 2.75) is 58.1 Å². The SMILES string of the molecule is CC1CCN(C(=O)CN2C(=O)C(C)(C)Oc3ccc(C(=O)NC4CC4)cc32)CC1. The van der Waals surface area contributed by atoms with Gasteiger partial charge in [0, 0.05) is 24.7 Å². The molecule has 29 heavy (non-hydrogen) atoms. The quantitative estimate of drug-likeness (QED) is 0.843. The molecule has 4 rings (SSSR count). The standard InChI is InChI=1S/C22H29N3O4/c1-14-8-10-24(11-9-14)19(26)13-25-17-12-15(20(27)23-16-5-6-16)4-7-18(17)29-22(2,3)21(25)28/h4,7,12,14,16H,5-6,8-11,13H2,1-3H3,(H,23,27). The summed E-state index contributed by atoms with van der Waals surface area (Å²) in [4.78, 5) is 41.8. The number of hydrogen-bond acceptors (Lipinski definition) is 4. The van der Waals surface area contributed by atoms with E-state index in [4.69, 9.17) is 4.74 Å². The Morgan fingerprint density at radius 2 is 1.86 bits per heavy atom. The van der Waals surface area contributed by atoms with Gasteiger partial charge in [-0.25, -0.2) is 0 Å². The molecule has 156 valence electrons. The number of hydrogen-bond donors (Lipinski definition) is 1. The molecule has 2 aliphatic heterocycles. The Morgan fingerprint density at radius 1 is 1.17 bits per heavy atom. The van der Waals surface area contributed by atoms with Crippen LogP contribution in [-0.2, 0) is 9.59 Å². The number of likely N-dealkylation sites (tertiary alicyclic amines) is 1. The van der Waals surface area contributed by atoms with Crippen molar-refractivity contribution in [1.29, 1.82) is 0 Å². The van der Waals surface area contributed by atoms with Gasteiger partial charge >= 0.3 is 0 Å². The minimum absolute atomic E-state index is 0.0410. The molecule has 0 atom stereocenters. The molecule has 3 aliphatic rings. The highest BCUT2D eigenvalue weighted by Crippen LogP contribution is 2.38. The van der Waals surface area contributed by atoms with Crippen LogP contribution in [0.15, 0.2) is 18.2 Å². The number of benzene rings is 1. The normalized spacial score (nSPS) is 21.4. The van der Waals surface area contributed by atoms with Gasteiger partial charge in [0.15, 0.2) is 5.60 Å². The van der Waals surface area contributed by atoms with Gasteiger partial charge in [0.1, 0.15) is 12.3 Å². The van der Waals surface area contributed by atoms with Gasteiger partial charge in [-0.2, -0.15) is 0 Å². The number of nitrogens with zero attached hydrogens (tertiary/aromatic N) is 2. The molecule has 0 radical (unpaired) electrons. The van der Waals surface area contributed by atoms with Gasteiger partial charge in [-0.1, -0.05) is 6.92 Å². The van der Waals surface area contributed by atoms with E-state index in [0.717, 1.165) is 38.8 Å². The summed E-state index contributed by atoms with van der Waals surface area (Å²) in [6, 6.07) is 5.32. The molecule has 1 aromatic rings. The van der Waals surface area contributed by atoms with Gasteiger partial charge < -0.3 is 15.0 Å². The maximum atomic E-state index is 13.1. The van der Waals surface area contributed by atoms with E-state index in [1.807, 2.05) is 4.90 Å². The number of carbonyl (C=O) groups excluding carboxylic acids is 3. The minimum Gasteiger partial charge on any atom is -0.476 e. The number of anilines is 1. The molecule has 0 bridgehead atoms. The second kappa shape index (κ2) is 7.35. The third-order valence-electron chi connectivity index (χ3n) is 5.98. The molecule has 1 N–H and O–H groups in total. The van der Waals surface area contributed by atoms with E-state index in [9.17, 15) is 14.4 Å². The molecule has 1 saturated carbocycles. The highest BCUT2D eigenvalue weighted by molar-refractivity contribution is 6.07. The lowest BCUT2D eigenvalue weighted by Gasteiger charge is -2.40. The lowest BCUT2D eigenvalue weighted by molar-refractivity contribution is -0.137. The topological polar surface area (TPSA) is 79.0 Å². The first-order valence-electron chi connectivity index (χ1n) is 10.5. The Bertz CT molecular complexity index is 838. The first kappa shape index (κ1) is 19.7. The van der Waals surface area contributed by atoms with E-state index in [0.29, 0.717) is 22.9 Å². The highest BCUT2D eigenvalue weighted by atomic mass is 16.5. The number of rotatable bonds is 4. The average Bonchev–Trinajstić information content (AvgIpc) is 3.49. The summed E-state index contributed by atoms with van der Waals surface area (Å²) in [5, 5.41) is 2.96. The fraction of sp³-hybridized carbons (Fsp3) is 0.591. The largest absolute Gasteiger partial charge is 0.476 e. The first-order valence-corrected chi connectivity index (χ1v) is 10.5. The Hall–Kier alpha value is -2.57. The molecule has 1 aliphatic carbocycles. The number of piperidine rings is 1. The Labute approximate surface area is 171 Å². The van der Waals surface area contributed by atoms with E-state index < -0.39 is 5.60 Å². The summed E-state index contributed by atoms with van der Waals surface area (Å²) in [6.07, 6.45) is 3.97. The maximum absolute atomic E-state index is 13.1. The maximum Gasteiger partial charge on any atom is 0.271 e. The zero-order valence-electron chi connectivity index (χ0n) is 17.4. The fourth-order valence-electron chi connectivity index (χ4n) is 3.86. The molecule has 1 aromatic carbocycles. The summed E-state index contributed by atoms with van der Waals surface area (Å²) < 4.78 is 5.88.